The van der Waals surface area contributed by atoms with Crippen molar-refractivity contribution in [3.05, 3.63) is 70.8 Å². The normalized spacial score (nSPS) is 16.0. The topological polar surface area (TPSA) is 29.1 Å². The third-order valence-corrected chi connectivity index (χ3v) is 3.80. The van der Waals surface area contributed by atoms with E-state index in [-0.39, 0.29) is 11.3 Å². The van der Waals surface area contributed by atoms with Crippen molar-refractivity contribution in [1.29, 1.82) is 0 Å². The van der Waals surface area contributed by atoms with Gasteiger partial charge in [-0.25, -0.2) is 0 Å². The molecule has 1 N–H and O–H groups in total. The average Bonchev–Trinajstić information content (AvgIpc) is 2.76. The molecule has 0 aliphatic carbocycles. The summed E-state index contributed by atoms with van der Waals surface area (Å²) in [5, 5.41) is 2.93. The van der Waals surface area contributed by atoms with Crippen LogP contribution in [0.25, 0.3) is 11.8 Å². The summed E-state index contributed by atoms with van der Waals surface area (Å²) in [4.78, 5) is 11.9. The molecule has 0 fully saturated rings. The number of amides is 1. The van der Waals surface area contributed by atoms with E-state index in [9.17, 15) is 4.79 Å². The van der Waals surface area contributed by atoms with Gasteiger partial charge in [-0.05, 0) is 28.7 Å². The molecular weight excluding hydrogens is 258 g/mol. The summed E-state index contributed by atoms with van der Waals surface area (Å²) < 4.78 is 0. The standard InChI is InChI=1S/C19H19NO/c1-19(2,3)14-10-8-13(9-11-14)12-17-15-6-4-5-7-16(15)18(21)20-17/h4-12H,1-3H3,(H,20,21). The van der Waals surface area contributed by atoms with E-state index < -0.39 is 0 Å². The molecule has 1 aliphatic rings. The third kappa shape index (κ3) is 2.62. The number of carbonyl (C=O) groups is 1. The van der Waals surface area contributed by atoms with Gasteiger partial charge in [0.05, 0.1) is 0 Å². The van der Waals surface area contributed by atoms with Crippen LogP contribution in [0.1, 0.15) is 47.8 Å². The Hall–Kier alpha value is -2.35. The molecular formula is C19H19NO. The molecule has 2 aromatic carbocycles. The fourth-order valence-corrected chi connectivity index (χ4v) is 2.53. The predicted octanol–water partition coefficient (Wildman–Crippen LogP) is 4.23. The highest BCUT2D eigenvalue weighted by Gasteiger charge is 2.22. The Morgan fingerprint density at radius 3 is 2.14 bits per heavy atom. The summed E-state index contributed by atoms with van der Waals surface area (Å²) in [7, 11) is 0. The van der Waals surface area contributed by atoms with Gasteiger partial charge in [0, 0.05) is 16.8 Å². The third-order valence-electron chi connectivity index (χ3n) is 3.80. The van der Waals surface area contributed by atoms with Gasteiger partial charge in [0.2, 0.25) is 0 Å². The molecule has 0 saturated carbocycles. The summed E-state index contributed by atoms with van der Waals surface area (Å²) in [6.07, 6.45) is 2.02. The second-order valence-corrected chi connectivity index (χ2v) is 6.43. The van der Waals surface area contributed by atoms with Crippen molar-refractivity contribution < 1.29 is 4.79 Å². The summed E-state index contributed by atoms with van der Waals surface area (Å²) in [6, 6.07) is 16.2. The summed E-state index contributed by atoms with van der Waals surface area (Å²) in [6.45, 7) is 6.61. The Kier molecular flexibility index (Phi) is 3.17. The largest absolute Gasteiger partial charge is 0.321 e. The predicted molar refractivity (Wildman–Crippen MR) is 86.9 cm³/mol. The number of rotatable bonds is 1. The first-order valence-electron chi connectivity index (χ1n) is 7.18. The van der Waals surface area contributed by atoms with Crippen molar-refractivity contribution in [2.45, 2.75) is 26.2 Å². The lowest BCUT2D eigenvalue weighted by atomic mass is 9.86. The van der Waals surface area contributed by atoms with E-state index in [1.807, 2.05) is 30.3 Å². The number of nitrogens with one attached hydrogen (secondary N) is 1. The van der Waals surface area contributed by atoms with Crippen LogP contribution < -0.4 is 5.32 Å². The van der Waals surface area contributed by atoms with Crippen molar-refractivity contribution >= 4 is 17.7 Å². The maximum atomic E-state index is 11.9. The lowest BCUT2D eigenvalue weighted by Crippen LogP contribution is -2.12. The van der Waals surface area contributed by atoms with E-state index in [1.165, 1.54) is 5.56 Å². The Morgan fingerprint density at radius 2 is 1.52 bits per heavy atom. The minimum Gasteiger partial charge on any atom is -0.321 e. The van der Waals surface area contributed by atoms with E-state index in [0.717, 1.165) is 22.4 Å². The minimum atomic E-state index is -0.0249. The zero-order valence-electron chi connectivity index (χ0n) is 12.6. The van der Waals surface area contributed by atoms with Crippen LogP contribution in [0.15, 0.2) is 48.5 Å². The quantitative estimate of drug-likeness (QED) is 0.830. The van der Waals surface area contributed by atoms with E-state index in [4.69, 9.17) is 0 Å². The molecule has 1 amide bonds. The van der Waals surface area contributed by atoms with Crippen LogP contribution in [-0.4, -0.2) is 5.91 Å². The first-order valence-corrected chi connectivity index (χ1v) is 7.18. The number of benzene rings is 2. The highest BCUT2D eigenvalue weighted by Crippen LogP contribution is 2.27. The van der Waals surface area contributed by atoms with Crippen LogP contribution >= 0.6 is 0 Å². The Labute approximate surface area is 125 Å². The molecule has 21 heavy (non-hydrogen) atoms. The molecule has 1 aliphatic heterocycles. The number of hydrogen-bond donors (Lipinski definition) is 1. The van der Waals surface area contributed by atoms with E-state index in [1.54, 1.807) is 0 Å². The van der Waals surface area contributed by atoms with Crippen LogP contribution in [0.4, 0.5) is 0 Å². The number of fused-ring (bicyclic) bond motifs is 1. The Balaban J connectivity index is 1.95. The van der Waals surface area contributed by atoms with Crippen molar-refractivity contribution in [3.63, 3.8) is 0 Å². The molecule has 2 nitrogen and oxygen atoms in total. The van der Waals surface area contributed by atoms with Crippen LogP contribution in [0.5, 0.6) is 0 Å². The fraction of sp³-hybridized carbons (Fsp3) is 0.211. The SMILES string of the molecule is CC(C)(C)c1ccc(C=C2NC(=O)c3ccccc32)cc1. The molecule has 0 saturated heterocycles. The molecule has 0 bridgehead atoms. The fourth-order valence-electron chi connectivity index (χ4n) is 2.53. The van der Waals surface area contributed by atoms with Gasteiger partial charge in [-0.1, -0.05) is 63.2 Å². The number of carbonyl (C=O) groups excluding carboxylic acids is 1. The Bertz CT molecular complexity index is 718. The van der Waals surface area contributed by atoms with Gasteiger partial charge in [-0.2, -0.15) is 0 Å². The van der Waals surface area contributed by atoms with Gasteiger partial charge in [0.25, 0.3) is 5.91 Å². The average molecular weight is 277 g/mol. The van der Waals surface area contributed by atoms with Gasteiger partial charge >= 0.3 is 0 Å². The maximum absolute atomic E-state index is 11.9. The van der Waals surface area contributed by atoms with Crippen molar-refractivity contribution in [2.75, 3.05) is 0 Å². The highest BCUT2D eigenvalue weighted by molar-refractivity contribution is 6.11. The minimum absolute atomic E-state index is 0.0249. The van der Waals surface area contributed by atoms with Crippen LogP contribution in [0.3, 0.4) is 0 Å². The van der Waals surface area contributed by atoms with Crippen molar-refractivity contribution in [2.24, 2.45) is 0 Å². The molecule has 106 valence electrons. The van der Waals surface area contributed by atoms with Gasteiger partial charge in [0.1, 0.15) is 0 Å². The molecule has 1 heterocycles. The summed E-state index contributed by atoms with van der Waals surface area (Å²) in [5.41, 5.74) is 5.15. The smallest absolute Gasteiger partial charge is 0.256 e. The van der Waals surface area contributed by atoms with Gasteiger partial charge in [-0.3, -0.25) is 4.79 Å². The molecule has 2 heteroatoms. The monoisotopic (exact) mass is 277 g/mol. The van der Waals surface area contributed by atoms with E-state index in [0.29, 0.717) is 0 Å². The van der Waals surface area contributed by atoms with Crippen molar-refractivity contribution in [1.82, 2.24) is 5.32 Å². The first kappa shape index (κ1) is 13.6. The molecule has 0 unspecified atom stereocenters. The molecule has 0 aromatic heterocycles. The summed E-state index contributed by atoms with van der Waals surface area (Å²) in [5.74, 6) is -0.0249. The second-order valence-electron chi connectivity index (χ2n) is 6.43. The second kappa shape index (κ2) is 4.88. The lowest BCUT2D eigenvalue weighted by molar-refractivity contribution is 0.0981. The van der Waals surface area contributed by atoms with Crippen LogP contribution in [0.2, 0.25) is 0 Å². The van der Waals surface area contributed by atoms with Crippen LogP contribution in [0, 0.1) is 0 Å². The molecule has 0 radical (unpaired) electrons. The van der Waals surface area contributed by atoms with Gasteiger partial charge < -0.3 is 5.32 Å². The van der Waals surface area contributed by atoms with Gasteiger partial charge in [0.15, 0.2) is 0 Å². The molecule has 0 atom stereocenters. The van der Waals surface area contributed by atoms with Gasteiger partial charge in [-0.15, -0.1) is 0 Å². The van der Waals surface area contributed by atoms with E-state index >= 15 is 0 Å². The van der Waals surface area contributed by atoms with Crippen LogP contribution in [-0.2, 0) is 5.41 Å². The summed E-state index contributed by atoms with van der Waals surface area (Å²) >= 11 is 0. The molecule has 3 rings (SSSR count). The molecule has 0 spiro atoms. The zero-order valence-corrected chi connectivity index (χ0v) is 12.6. The number of hydrogen-bond acceptors (Lipinski definition) is 1. The Morgan fingerprint density at radius 1 is 0.905 bits per heavy atom. The first-order chi connectivity index (χ1) is 9.95. The van der Waals surface area contributed by atoms with Crippen molar-refractivity contribution in [3.8, 4) is 0 Å². The lowest BCUT2D eigenvalue weighted by Gasteiger charge is -2.18. The molecule has 2 aromatic rings. The van der Waals surface area contributed by atoms with E-state index in [2.05, 4.69) is 50.4 Å². The zero-order chi connectivity index (χ0) is 15.0. The highest BCUT2D eigenvalue weighted by atomic mass is 16.1. The maximum Gasteiger partial charge on any atom is 0.256 e.